The minimum atomic E-state index is -0.407. The van der Waals surface area contributed by atoms with Crippen molar-refractivity contribution in [2.45, 2.75) is 37.8 Å². The normalized spacial score (nSPS) is 13.9. The van der Waals surface area contributed by atoms with Crippen molar-refractivity contribution in [3.63, 3.8) is 0 Å². The zero-order chi connectivity index (χ0) is 19.6. The molecule has 1 aliphatic heterocycles. The Labute approximate surface area is 162 Å². The summed E-state index contributed by atoms with van der Waals surface area (Å²) >= 11 is 1.44. The van der Waals surface area contributed by atoms with Crippen molar-refractivity contribution in [2.24, 2.45) is 0 Å². The first-order valence-corrected chi connectivity index (χ1v) is 9.77. The molecular weight excluding hydrogens is 366 g/mol. The first-order chi connectivity index (χ1) is 12.9. The lowest BCUT2D eigenvalue weighted by Gasteiger charge is -2.19. The van der Waals surface area contributed by atoms with Crippen LogP contribution < -0.4 is 9.47 Å². The summed E-state index contributed by atoms with van der Waals surface area (Å²) in [5, 5.41) is -0.334. The minimum absolute atomic E-state index is 0.0639. The number of Topliss-reactive ketones (excluding diaryl/α,β-unsaturated/α-hetero) is 1. The van der Waals surface area contributed by atoms with Crippen molar-refractivity contribution in [3.05, 3.63) is 40.7 Å². The van der Waals surface area contributed by atoms with E-state index in [0.717, 1.165) is 10.6 Å². The Morgan fingerprint density at radius 1 is 1.22 bits per heavy atom. The van der Waals surface area contributed by atoms with Crippen molar-refractivity contribution in [2.75, 3.05) is 19.8 Å². The molecule has 0 amide bonds. The SMILES string of the molecule is CCOC(=O)c1c(C)[nH]c(C(=O)[C@@H](C)Sc2ccc3c(c2)OCCO3)c1C. The number of ketones is 1. The maximum absolute atomic E-state index is 12.9. The number of aryl methyl sites for hydroxylation is 1. The number of rotatable bonds is 6. The number of carbonyl (C=O) groups is 2. The molecule has 0 aliphatic carbocycles. The van der Waals surface area contributed by atoms with E-state index in [1.165, 1.54) is 11.8 Å². The molecule has 27 heavy (non-hydrogen) atoms. The fourth-order valence-electron chi connectivity index (χ4n) is 3.06. The smallest absolute Gasteiger partial charge is 0.340 e. The van der Waals surface area contributed by atoms with Gasteiger partial charge in [0, 0.05) is 10.6 Å². The maximum Gasteiger partial charge on any atom is 0.340 e. The minimum Gasteiger partial charge on any atom is -0.486 e. The van der Waals surface area contributed by atoms with E-state index in [4.69, 9.17) is 14.2 Å². The fourth-order valence-corrected chi connectivity index (χ4v) is 4.02. The molecule has 0 fully saturated rings. The molecule has 0 saturated heterocycles. The molecule has 1 aromatic carbocycles. The van der Waals surface area contributed by atoms with Crippen molar-refractivity contribution in [1.29, 1.82) is 0 Å². The second-order valence-corrected chi connectivity index (χ2v) is 7.69. The average Bonchev–Trinajstić information content (AvgIpc) is 2.95. The van der Waals surface area contributed by atoms with Gasteiger partial charge in [0.25, 0.3) is 0 Å². The zero-order valence-corrected chi connectivity index (χ0v) is 16.7. The summed E-state index contributed by atoms with van der Waals surface area (Å²) in [5.41, 5.74) is 2.17. The molecule has 3 rings (SSSR count). The van der Waals surface area contributed by atoms with Crippen molar-refractivity contribution in [3.8, 4) is 11.5 Å². The summed E-state index contributed by atoms with van der Waals surface area (Å²) in [6.07, 6.45) is 0. The van der Waals surface area contributed by atoms with Crippen LogP contribution in [0.4, 0.5) is 0 Å². The Balaban J connectivity index is 1.78. The lowest BCUT2D eigenvalue weighted by Crippen LogP contribution is -2.16. The monoisotopic (exact) mass is 389 g/mol. The van der Waals surface area contributed by atoms with Crippen LogP contribution in [0.25, 0.3) is 0 Å². The quantitative estimate of drug-likeness (QED) is 0.458. The van der Waals surface area contributed by atoms with Crippen LogP contribution in [-0.2, 0) is 4.74 Å². The standard InChI is InChI=1S/C20H23NO5S/c1-5-24-20(23)17-11(2)18(21-12(17)3)19(22)13(4)27-14-6-7-15-16(10-14)26-9-8-25-15/h6-7,10,13,21H,5,8-9H2,1-4H3/t13-/m1/s1. The number of benzene rings is 1. The molecule has 144 valence electrons. The lowest BCUT2D eigenvalue weighted by molar-refractivity contribution is 0.0525. The number of aromatic nitrogens is 1. The summed E-state index contributed by atoms with van der Waals surface area (Å²) in [6.45, 7) is 8.51. The van der Waals surface area contributed by atoms with Crippen molar-refractivity contribution in [1.82, 2.24) is 4.98 Å². The highest BCUT2D eigenvalue weighted by atomic mass is 32.2. The maximum atomic E-state index is 12.9. The molecule has 1 aromatic heterocycles. The van der Waals surface area contributed by atoms with E-state index in [2.05, 4.69) is 4.98 Å². The van der Waals surface area contributed by atoms with Gasteiger partial charge in [-0.25, -0.2) is 4.79 Å². The molecule has 6 nitrogen and oxygen atoms in total. The van der Waals surface area contributed by atoms with Crippen LogP contribution in [0.1, 0.15) is 46.0 Å². The van der Waals surface area contributed by atoms with Crippen LogP contribution in [0.5, 0.6) is 11.5 Å². The molecule has 0 spiro atoms. The van der Waals surface area contributed by atoms with Gasteiger partial charge in [0.15, 0.2) is 17.3 Å². The second kappa shape index (κ2) is 8.08. The molecule has 2 aromatic rings. The molecule has 0 radical (unpaired) electrons. The first kappa shape index (κ1) is 19.4. The Hall–Kier alpha value is -2.41. The van der Waals surface area contributed by atoms with Gasteiger partial charge in [0.1, 0.15) is 13.2 Å². The fraction of sp³-hybridized carbons (Fsp3) is 0.400. The van der Waals surface area contributed by atoms with Crippen LogP contribution in [-0.4, -0.2) is 41.8 Å². The highest BCUT2D eigenvalue weighted by molar-refractivity contribution is 8.00. The third-order valence-electron chi connectivity index (χ3n) is 4.36. The van der Waals surface area contributed by atoms with Crippen LogP contribution in [0.3, 0.4) is 0 Å². The number of thioether (sulfide) groups is 1. The van der Waals surface area contributed by atoms with Crippen molar-refractivity contribution >= 4 is 23.5 Å². The molecule has 2 heterocycles. The predicted octanol–water partition coefficient (Wildman–Crippen LogP) is 3.94. The summed E-state index contributed by atoms with van der Waals surface area (Å²) in [6, 6.07) is 5.66. The predicted molar refractivity (Wildman–Crippen MR) is 103 cm³/mol. The van der Waals surface area contributed by atoms with E-state index in [1.54, 1.807) is 20.8 Å². The number of H-pyrrole nitrogens is 1. The zero-order valence-electron chi connectivity index (χ0n) is 15.9. The van der Waals surface area contributed by atoms with E-state index >= 15 is 0 Å². The van der Waals surface area contributed by atoms with Gasteiger partial charge >= 0.3 is 5.97 Å². The number of nitrogens with one attached hydrogen (secondary N) is 1. The van der Waals surface area contributed by atoms with Gasteiger partial charge in [-0.2, -0.15) is 0 Å². The van der Waals surface area contributed by atoms with E-state index in [1.807, 2.05) is 25.1 Å². The molecule has 0 unspecified atom stereocenters. The Kier molecular flexibility index (Phi) is 5.79. The number of carbonyl (C=O) groups excluding carboxylic acids is 2. The molecular formula is C20H23NO5S. The summed E-state index contributed by atoms with van der Waals surface area (Å²) in [4.78, 5) is 29.1. The molecule has 0 saturated carbocycles. The Bertz CT molecular complexity index is 873. The van der Waals surface area contributed by atoms with Gasteiger partial charge in [-0.3, -0.25) is 4.79 Å². The topological polar surface area (TPSA) is 77.6 Å². The second-order valence-electron chi connectivity index (χ2n) is 6.28. The number of hydrogen-bond donors (Lipinski definition) is 1. The van der Waals surface area contributed by atoms with E-state index < -0.39 is 5.97 Å². The summed E-state index contributed by atoms with van der Waals surface area (Å²) < 4.78 is 16.2. The van der Waals surface area contributed by atoms with E-state index in [0.29, 0.717) is 48.1 Å². The van der Waals surface area contributed by atoms with Gasteiger partial charge in [-0.05, 0) is 51.5 Å². The van der Waals surface area contributed by atoms with Crippen LogP contribution in [0.15, 0.2) is 23.1 Å². The Morgan fingerprint density at radius 2 is 1.93 bits per heavy atom. The molecule has 0 bridgehead atoms. The number of fused-ring (bicyclic) bond motifs is 1. The molecule has 1 atom stereocenters. The number of ether oxygens (including phenoxy) is 3. The highest BCUT2D eigenvalue weighted by Gasteiger charge is 2.26. The summed E-state index contributed by atoms with van der Waals surface area (Å²) in [5.74, 6) is 0.947. The molecule has 1 N–H and O–H groups in total. The van der Waals surface area contributed by atoms with Gasteiger partial charge in [-0.1, -0.05) is 0 Å². The summed E-state index contributed by atoms with van der Waals surface area (Å²) in [7, 11) is 0. The Morgan fingerprint density at radius 3 is 2.63 bits per heavy atom. The molecule has 1 aliphatic rings. The van der Waals surface area contributed by atoms with Gasteiger partial charge in [-0.15, -0.1) is 11.8 Å². The van der Waals surface area contributed by atoms with Crippen LogP contribution >= 0.6 is 11.8 Å². The van der Waals surface area contributed by atoms with Crippen LogP contribution in [0, 0.1) is 13.8 Å². The molecule has 7 heteroatoms. The number of aromatic amines is 1. The van der Waals surface area contributed by atoms with Gasteiger partial charge < -0.3 is 19.2 Å². The largest absolute Gasteiger partial charge is 0.486 e. The third-order valence-corrected chi connectivity index (χ3v) is 5.45. The average molecular weight is 389 g/mol. The highest BCUT2D eigenvalue weighted by Crippen LogP contribution is 2.36. The first-order valence-electron chi connectivity index (χ1n) is 8.89. The van der Waals surface area contributed by atoms with E-state index in [-0.39, 0.29) is 11.0 Å². The third kappa shape index (κ3) is 3.98. The van der Waals surface area contributed by atoms with Crippen LogP contribution in [0.2, 0.25) is 0 Å². The van der Waals surface area contributed by atoms with Crippen molar-refractivity contribution < 1.29 is 23.8 Å². The number of hydrogen-bond acceptors (Lipinski definition) is 6. The van der Waals surface area contributed by atoms with Gasteiger partial charge in [0.05, 0.1) is 23.1 Å². The van der Waals surface area contributed by atoms with Gasteiger partial charge in [0.2, 0.25) is 0 Å². The van der Waals surface area contributed by atoms with E-state index in [9.17, 15) is 9.59 Å². The lowest BCUT2D eigenvalue weighted by atomic mass is 10.1. The number of esters is 1.